The largest absolute Gasteiger partial charge is 0.313 e. The van der Waals surface area contributed by atoms with Crippen molar-refractivity contribution in [1.82, 2.24) is 5.32 Å². The summed E-state index contributed by atoms with van der Waals surface area (Å²) in [5.41, 5.74) is 0.427. The molecule has 0 aromatic rings. The second kappa shape index (κ2) is 6.93. The SMILES string of the molecule is CCCNC(C1CC(C)CC(C)C1)C(C)(C)CC. The molecule has 0 bridgehead atoms. The lowest BCUT2D eigenvalue weighted by Gasteiger charge is -2.44. The molecule has 1 N–H and O–H groups in total. The van der Waals surface area contributed by atoms with E-state index in [1.165, 1.54) is 38.6 Å². The molecule has 1 aliphatic carbocycles. The van der Waals surface area contributed by atoms with Crippen LogP contribution in [0, 0.1) is 23.2 Å². The van der Waals surface area contributed by atoms with Crippen LogP contribution in [-0.4, -0.2) is 12.6 Å². The summed E-state index contributed by atoms with van der Waals surface area (Å²) >= 11 is 0. The fraction of sp³-hybridized carbons (Fsp3) is 1.00. The molecule has 3 atom stereocenters. The Morgan fingerprint density at radius 1 is 1.06 bits per heavy atom. The summed E-state index contributed by atoms with van der Waals surface area (Å²) < 4.78 is 0. The first-order valence-corrected chi connectivity index (χ1v) is 8.14. The summed E-state index contributed by atoms with van der Waals surface area (Å²) in [7, 11) is 0. The molecular weight excluding hydrogens is 218 g/mol. The van der Waals surface area contributed by atoms with E-state index in [4.69, 9.17) is 0 Å². The highest BCUT2D eigenvalue weighted by Crippen LogP contribution is 2.40. The van der Waals surface area contributed by atoms with Gasteiger partial charge in [-0.25, -0.2) is 0 Å². The first-order valence-electron chi connectivity index (χ1n) is 8.14. The topological polar surface area (TPSA) is 12.0 Å². The molecule has 108 valence electrons. The van der Waals surface area contributed by atoms with E-state index in [0.717, 1.165) is 17.8 Å². The summed E-state index contributed by atoms with van der Waals surface area (Å²) in [5, 5.41) is 3.87. The third-order valence-electron chi connectivity index (χ3n) is 5.05. The van der Waals surface area contributed by atoms with Crippen molar-refractivity contribution < 1.29 is 0 Å². The van der Waals surface area contributed by atoms with E-state index in [-0.39, 0.29) is 0 Å². The number of nitrogens with one attached hydrogen (secondary N) is 1. The maximum absolute atomic E-state index is 3.87. The Labute approximate surface area is 115 Å². The lowest BCUT2D eigenvalue weighted by atomic mass is 9.66. The molecule has 18 heavy (non-hydrogen) atoms. The highest BCUT2D eigenvalue weighted by atomic mass is 14.9. The van der Waals surface area contributed by atoms with Crippen LogP contribution in [0.25, 0.3) is 0 Å². The Bertz CT molecular complexity index is 224. The zero-order valence-corrected chi connectivity index (χ0v) is 13.6. The maximum Gasteiger partial charge on any atom is 0.0147 e. The summed E-state index contributed by atoms with van der Waals surface area (Å²) in [4.78, 5) is 0. The monoisotopic (exact) mass is 253 g/mol. The predicted octanol–water partition coefficient (Wildman–Crippen LogP) is 4.86. The molecule has 0 aromatic carbocycles. The van der Waals surface area contributed by atoms with Crippen LogP contribution in [0.3, 0.4) is 0 Å². The van der Waals surface area contributed by atoms with E-state index in [9.17, 15) is 0 Å². The van der Waals surface area contributed by atoms with Crippen LogP contribution < -0.4 is 5.32 Å². The van der Waals surface area contributed by atoms with Gasteiger partial charge in [-0.2, -0.15) is 0 Å². The molecule has 1 nitrogen and oxygen atoms in total. The third-order valence-corrected chi connectivity index (χ3v) is 5.05. The van der Waals surface area contributed by atoms with Gasteiger partial charge in [-0.3, -0.25) is 0 Å². The molecule has 1 saturated carbocycles. The van der Waals surface area contributed by atoms with E-state index < -0.39 is 0 Å². The van der Waals surface area contributed by atoms with Gasteiger partial charge in [-0.15, -0.1) is 0 Å². The number of hydrogen-bond acceptors (Lipinski definition) is 1. The average Bonchev–Trinajstić information content (AvgIpc) is 2.28. The average molecular weight is 253 g/mol. The Morgan fingerprint density at radius 3 is 2.06 bits per heavy atom. The second-order valence-electron chi connectivity index (χ2n) is 7.45. The summed E-state index contributed by atoms with van der Waals surface area (Å²) in [6.45, 7) is 15.6. The third kappa shape index (κ3) is 4.26. The van der Waals surface area contributed by atoms with Crippen molar-refractivity contribution in [1.29, 1.82) is 0 Å². The second-order valence-corrected chi connectivity index (χ2v) is 7.45. The molecule has 3 unspecified atom stereocenters. The summed E-state index contributed by atoms with van der Waals surface area (Å²) in [6.07, 6.45) is 6.80. The fourth-order valence-corrected chi connectivity index (χ4v) is 3.88. The molecule has 0 heterocycles. The molecular formula is C17H35N. The van der Waals surface area contributed by atoms with Gasteiger partial charge in [0, 0.05) is 6.04 Å². The molecule has 0 aliphatic heterocycles. The van der Waals surface area contributed by atoms with Crippen molar-refractivity contribution in [2.24, 2.45) is 23.2 Å². The smallest absolute Gasteiger partial charge is 0.0147 e. The van der Waals surface area contributed by atoms with Gasteiger partial charge in [-0.05, 0) is 61.8 Å². The first-order chi connectivity index (χ1) is 8.40. The van der Waals surface area contributed by atoms with E-state index in [0.29, 0.717) is 11.5 Å². The Balaban J connectivity index is 2.74. The maximum atomic E-state index is 3.87. The molecule has 1 fully saturated rings. The van der Waals surface area contributed by atoms with Gasteiger partial charge in [0.2, 0.25) is 0 Å². The molecule has 0 amide bonds. The van der Waals surface area contributed by atoms with Crippen molar-refractivity contribution in [2.75, 3.05) is 6.54 Å². The van der Waals surface area contributed by atoms with Crippen LogP contribution in [0.15, 0.2) is 0 Å². The minimum Gasteiger partial charge on any atom is -0.313 e. The van der Waals surface area contributed by atoms with E-state index in [1.807, 2.05) is 0 Å². The van der Waals surface area contributed by atoms with Crippen molar-refractivity contribution in [3.63, 3.8) is 0 Å². The zero-order valence-electron chi connectivity index (χ0n) is 13.6. The molecule has 0 spiro atoms. The van der Waals surface area contributed by atoms with Crippen LogP contribution >= 0.6 is 0 Å². The molecule has 1 heteroatoms. The summed E-state index contributed by atoms with van der Waals surface area (Å²) in [5.74, 6) is 2.71. The molecule has 0 aromatic heterocycles. The van der Waals surface area contributed by atoms with E-state index in [1.54, 1.807) is 0 Å². The first kappa shape index (κ1) is 16.0. The van der Waals surface area contributed by atoms with Crippen molar-refractivity contribution in [2.45, 2.75) is 79.7 Å². The number of rotatable bonds is 6. The van der Waals surface area contributed by atoms with Gasteiger partial charge >= 0.3 is 0 Å². The van der Waals surface area contributed by atoms with Crippen molar-refractivity contribution in [3.8, 4) is 0 Å². The normalized spacial score (nSPS) is 31.3. The van der Waals surface area contributed by atoms with Gasteiger partial charge in [-0.1, -0.05) is 41.5 Å². The molecule has 0 radical (unpaired) electrons. The Kier molecular flexibility index (Phi) is 6.17. The van der Waals surface area contributed by atoms with Crippen LogP contribution in [0.2, 0.25) is 0 Å². The van der Waals surface area contributed by atoms with E-state index in [2.05, 4.69) is 46.9 Å². The number of hydrogen-bond donors (Lipinski definition) is 1. The van der Waals surface area contributed by atoms with Gasteiger partial charge < -0.3 is 5.32 Å². The highest BCUT2D eigenvalue weighted by Gasteiger charge is 2.37. The predicted molar refractivity (Wildman–Crippen MR) is 81.8 cm³/mol. The highest BCUT2D eigenvalue weighted by molar-refractivity contribution is 4.92. The standard InChI is InChI=1S/C17H35N/c1-7-9-18-16(17(5,6)8-2)15-11-13(3)10-14(4)12-15/h13-16,18H,7-12H2,1-6H3. The van der Waals surface area contributed by atoms with Crippen molar-refractivity contribution in [3.05, 3.63) is 0 Å². The van der Waals surface area contributed by atoms with Crippen LogP contribution in [0.4, 0.5) is 0 Å². The lowest BCUT2D eigenvalue weighted by Crippen LogP contribution is -2.49. The molecule has 1 rings (SSSR count). The zero-order chi connectivity index (χ0) is 13.8. The van der Waals surface area contributed by atoms with Crippen molar-refractivity contribution >= 4 is 0 Å². The Morgan fingerprint density at radius 2 is 1.61 bits per heavy atom. The molecule has 0 saturated heterocycles. The minimum absolute atomic E-state index is 0.427. The lowest BCUT2D eigenvalue weighted by molar-refractivity contribution is 0.0997. The quantitative estimate of drug-likeness (QED) is 0.712. The molecule has 1 aliphatic rings. The van der Waals surface area contributed by atoms with Crippen LogP contribution in [0.5, 0.6) is 0 Å². The van der Waals surface area contributed by atoms with Crippen LogP contribution in [0.1, 0.15) is 73.6 Å². The van der Waals surface area contributed by atoms with Gasteiger partial charge in [0.15, 0.2) is 0 Å². The van der Waals surface area contributed by atoms with Crippen LogP contribution in [-0.2, 0) is 0 Å². The minimum atomic E-state index is 0.427. The van der Waals surface area contributed by atoms with Gasteiger partial charge in [0.1, 0.15) is 0 Å². The van der Waals surface area contributed by atoms with Gasteiger partial charge in [0.25, 0.3) is 0 Å². The van der Waals surface area contributed by atoms with E-state index >= 15 is 0 Å². The van der Waals surface area contributed by atoms with Gasteiger partial charge in [0.05, 0.1) is 0 Å². The summed E-state index contributed by atoms with van der Waals surface area (Å²) in [6, 6.07) is 0.702. The Hall–Kier alpha value is -0.0400. The fourth-order valence-electron chi connectivity index (χ4n) is 3.88.